The summed E-state index contributed by atoms with van der Waals surface area (Å²) in [6, 6.07) is 15.3. The number of aromatic amines is 1. The van der Waals surface area contributed by atoms with Crippen molar-refractivity contribution in [1.29, 1.82) is 0 Å². The number of ether oxygens (including phenoxy) is 1. The van der Waals surface area contributed by atoms with Crippen LogP contribution in [-0.2, 0) is 17.8 Å². The fourth-order valence-corrected chi connectivity index (χ4v) is 6.74. The zero-order chi connectivity index (χ0) is 30.5. The van der Waals surface area contributed by atoms with Crippen molar-refractivity contribution in [1.82, 2.24) is 15.2 Å². The van der Waals surface area contributed by atoms with E-state index in [0.29, 0.717) is 11.6 Å². The van der Waals surface area contributed by atoms with E-state index < -0.39 is 6.23 Å². The Kier molecular flexibility index (Phi) is 10.4. The number of rotatable bonds is 10. The quantitative estimate of drug-likeness (QED) is 0.255. The number of benzene rings is 2. The van der Waals surface area contributed by atoms with Crippen molar-refractivity contribution >= 4 is 5.69 Å². The number of nitrogens with one attached hydrogen (secondary N) is 2. The van der Waals surface area contributed by atoms with Gasteiger partial charge in [-0.3, -0.25) is 15.0 Å². The molecule has 4 N–H and O–H groups in total. The maximum Gasteiger partial charge on any atom is 0.252 e. The van der Waals surface area contributed by atoms with Crippen molar-refractivity contribution in [3.63, 3.8) is 0 Å². The number of likely N-dealkylation sites (tertiary alicyclic amines) is 1. The van der Waals surface area contributed by atoms with Crippen LogP contribution in [0.15, 0.2) is 47.3 Å². The molecule has 2 aromatic carbocycles. The van der Waals surface area contributed by atoms with Crippen LogP contribution in [0.2, 0.25) is 0 Å². The van der Waals surface area contributed by atoms with Gasteiger partial charge in [0.15, 0.2) is 0 Å². The van der Waals surface area contributed by atoms with Gasteiger partial charge in [-0.15, -0.1) is 0 Å². The zero-order valence-corrected chi connectivity index (χ0v) is 26.2. The summed E-state index contributed by atoms with van der Waals surface area (Å²) in [4.78, 5) is 20.3. The van der Waals surface area contributed by atoms with Crippen LogP contribution in [0.3, 0.4) is 0 Å². The molecule has 3 aromatic rings. The number of β-amino-alcohol motifs (C(OH)–C–C–N with tert-alkyl or cyclic N) is 1. The molecule has 0 aliphatic carbocycles. The van der Waals surface area contributed by atoms with E-state index in [4.69, 9.17) is 4.74 Å². The minimum Gasteiger partial charge on any atom is -0.392 e. The number of pyridine rings is 1. The highest BCUT2D eigenvalue weighted by molar-refractivity contribution is 5.73. The van der Waals surface area contributed by atoms with Gasteiger partial charge in [-0.05, 0) is 106 Å². The van der Waals surface area contributed by atoms with Gasteiger partial charge in [0.2, 0.25) is 0 Å². The molecule has 3 heterocycles. The predicted molar refractivity (Wildman–Crippen MR) is 172 cm³/mol. The van der Waals surface area contributed by atoms with Crippen LogP contribution >= 0.6 is 0 Å². The van der Waals surface area contributed by atoms with Crippen LogP contribution in [0.4, 0.5) is 5.69 Å². The van der Waals surface area contributed by atoms with E-state index in [1.165, 1.54) is 5.56 Å². The third-order valence-corrected chi connectivity index (χ3v) is 9.14. The summed E-state index contributed by atoms with van der Waals surface area (Å²) in [5.41, 5.74) is 8.57. The lowest BCUT2D eigenvalue weighted by Gasteiger charge is -2.37. The van der Waals surface area contributed by atoms with Crippen molar-refractivity contribution in [2.75, 3.05) is 37.7 Å². The van der Waals surface area contributed by atoms with Crippen molar-refractivity contribution in [3.8, 4) is 11.1 Å². The minimum absolute atomic E-state index is 0.126. The van der Waals surface area contributed by atoms with Crippen molar-refractivity contribution in [3.05, 3.63) is 86.3 Å². The van der Waals surface area contributed by atoms with Gasteiger partial charge in [-0.25, -0.2) is 0 Å². The molecular formula is C35H48N4O4. The molecule has 0 saturated carbocycles. The van der Waals surface area contributed by atoms with Gasteiger partial charge in [0, 0.05) is 67.9 Å². The molecule has 0 bridgehead atoms. The standard InChI is InChI=1S/C35H48N4O4/c1-5-39(29-12-15-43-16-13-29)33-19-28(27-10-8-26(9-11-27)21-38-14-6-7-30(40)22-38)18-31(25(33)4)34(41)36-20-32-23(2)17-24(3)37-35(32)42/h8-11,17-19,29-30,34,36,40-41H,5-7,12-16,20-22H2,1-4H3,(H,37,42)/t30-,34?/m0/s1. The molecule has 0 radical (unpaired) electrons. The van der Waals surface area contributed by atoms with Crippen molar-refractivity contribution in [2.24, 2.45) is 0 Å². The van der Waals surface area contributed by atoms with E-state index in [1.807, 2.05) is 19.9 Å². The number of aryl methyl sites for hydroxylation is 2. The molecule has 8 nitrogen and oxygen atoms in total. The van der Waals surface area contributed by atoms with Crippen LogP contribution in [0.25, 0.3) is 11.1 Å². The number of H-pyrrole nitrogens is 1. The van der Waals surface area contributed by atoms with Gasteiger partial charge in [0.1, 0.15) is 6.23 Å². The normalized spacial score (nSPS) is 19.0. The lowest BCUT2D eigenvalue weighted by molar-refractivity contribution is 0.0668. The maximum absolute atomic E-state index is 12.6. The highest BCUT2D eigenvalue weighted by atomic mass is 16.5. The average molecular weight is 589 g/mol. The summed E-state index contributed by atoms with van der Waals surface area (Å²) < 4.78 is 5.67. The minimum atomic E-state index is -0.947. The van der Waals surface area contributed by atoms with Crippen LogP contribution in [0, 0.1) is 20.8 Å². The van der Waals surface area contributed by atoms with E-state index in [1.54, 1.807) is 0 Å². The second-order valence-corrected chi connectivity index (χ2v) is 12.3. The summed E-state index contributed by atoms with van der Waals surface area (Å²) in [5, 5.41) is 24.8. The van der Waals surface area contributed by atoms with Crippen molar-refractivity contribution in [2.45, 2.75) is 84.8 Å². The largest absolute Gasteiger partial charge is 0.392 e. The Morgan fingerprint density at radius 2 is 1.81 bits per heavy atom. The molecule has 43 heavy (non-hydrogen) atoms. The van der Waals surface area contributed by atoms with Gasteiger partial charge in [0.05, 0.1) is 6.10 Å². The number of anilines is 1. The third-order valence-electron chi connectivity index (χ3n) is 9.14. The lowest BCUT2D eigenvalue weighted by atomic mass is 9.94. The molecule has 2 saturated heterocycles. The van der Waals surface area contributed by atoms with Gasteiger partial charge >= 0.3 is 0 Å². The molecule has 1 aromatic heterocycles. The first-order chi connectivity index (χ1) is 20.7. The third kappa shape index (κ3) is 7.56. The molecule has 0 amide bonds. The van der Waals surface area contributed by atoms with Gasteiger partial charge in [-0.1, -0.05) is 24.3 Å². The van der Waals surface area contributed by atoms with E-state index in [-0.39, 0.29) is 18.2 Å². The molecule has 0 spiro atoms. The summed E-state index contributed by atoms with van der Waals surface area (Å²) in [6.07, 6.45) is 2.69. The van der Waals surface area contributed by atoms with Gasteiger partial charge in [0.25, 0.3) is 5.56 Å². The second-order valence-electron chi connectivity index (χ2n) is 12.3. The van der Waals surface area contributed by atoms with Crippen LogP contribution in [0.5, 0.6) is 0 Å². The van der Waals surface area contributed by atoms with E-state index >= 15 is 0 Å². The average Bonchev–Trinajstić information content (AvgIpc) is 2.99. The molecule has 8 heteroatoms. The summed E-state index contributed by atoms with van der Waals surface area (Å²) >= 11 is 0. The summed E-state index contributed by atoms with van der Waals surface area (Å²) in [5.74, 6) is 0. The Labute approximate surface area is 255 Å². The van der Waals surface area contributed by atoms with Crippen molar-refractivity contribution < 1.29 is 14.9 Å². The molecule has 2 atom stereocenters. The van der Waals surface area contributed by atoms with E-state index in [9.17, 15) is 15.0 Å². The number of aliphatic hydroxyl groups excluding tert-OH is 2. The number of aliphatic hydroxyl groups is 2. The second kappa shape index (κ2) is 14.2. The number of piperidine rings is 1. The van der Waals surface area contributed by atoms with Gasteiger partial charge in [-0.2, -0.15) is 0 Å². The first kappa shape index (κ1) is 31.4. The lowest BCUT2D eigenvalue weighted by Crippen LogP contribution is -2.40. The van der Waals surface area contributed by atoms with E-state index in [0.717, 1.165) is 104 Å². The SMILES string of the molecule is CCN(c1cc(-c2ccc(CN3CCC[C@H](O)C3)cc2)cc(C(O)NCc2c(C)cc(C)[nH]c2=O)c1C)C1CCOCC1. The van der Waals surface area contributed by atoms with Crippen LogP contribution in [-0.4, -0.2) is 65.1 Å². The molecule has 2 fully saturated rings. The Bertz CT molecular complexity index is 1430. The molecule has 1 unspecified atom stereocenters. The number of hydrogen-bond acceptors (Lipinski definition) is 7. The number of nitrogens with zero attached hydrogens (tertiary/aromatic N) is 2. The summed E-state index contributed by atoms with van der Waals surface area (Å²) in [6.45, 7) is 13.3. The molecule has 2 aliphatic rings. The Hall–Kier alpha value is -3.01. The highest BCUT2D eigenvalue weighted by Crippen LogP contribution is 2.36. The number of aromatic nitrogens is 1. The molecule has 5 rings (SSSR count). The highest BCUT2D eigenvalue weighted by Gasteiger charge is 2.25. The molecule has 232 valence electrons. The maximum atomic E-state index is 12.6. The number of hydrogen-bond donors (Lipinski definition) is 4. The Balaban J connectivity index is 1.45. The van der Waals surface area contributed by atoms with Crippen LogP contribution in [0.1, 0.15) is 72.3 Å². The smallest absolute Gasteiger partial charge is 0.252 e. The Morgan fingerprint density at radius 3 is 2.49 bits per heavy atom. The fourth-order valence-electron chi connectivity index (χ4n) is 6.74. The fraction of sp³-hybridized carbons (Fsp3) is 0.514. The first-order valence-corrected chi connectivity index (χ1v) is 15.8. The molecule has 2 aliphatic heterocycles. The topological polar surface area (TPSA) is 101 Å². The Morgan fingerprint density at radius 1 is 1.07 bits per heavy atom. The monoisotopic (exact) mass is 588 g/mol. The van der Waals surface area contributed by atoms with Crippen LogP contribution < -0.4 is 15.8 Å². The first-order valence-electron chi connectivity index (χ1n) is 15.8. The predicted octanol–water partition coefficient (Wildman–Crippen LogP) is 4.71. The van der Waals surface area contributed by atoms with Gasteiger partial charge < -0.3 is 24.8 Å². The summed E-state index contributed by atoms with van der Waals surface area (Å²) in [7, 11) is 0. The van der Waals surface area contributed by atoms with E-state index in [2.05, 4.69) is 70.3 Å². The zero-order valence-electron chi connectivity index (χ0n) is 26.2. The molecular weight excluding hydrogens is 540 g/mol.